The third-order valence-electron chi connectivity index (χ3n) is 2.58. The Bertz CT molecular complexity index is 252. The van der Waals surface area contributed by atoms with Gasteiger partial charge in [-0.1, -0.05) is 5.16 Å². The summed E-state index contributed by atoms with van der Waals surface area (Å²) in [6.07, 6.45) is 3.20. The number of fused-ring (bicyclic) bond motifs is 1. The van der Waals surface area contributed by atoms with Crippen molar-refractivity contribution in [2.75, 3.05) is 13.2 Å². The van der Waals surface area contributed by atoms with Crippen molar-refractivity contribution >= 4 is 11.8 Å². The van der Waals surface area contributed by atoms with Gasteiger partial charge in [0.05, 0.1) is 6.04 Å². The van der Waals surface area contributed by atoms with Crippen molar-refractivity contribution in [2.24, 2.45) is 5.16 Å². The van der Waals surface area contributed by atoms with Gasteiger partial charge in [-0.15, -0.1) is 0 Å². The average Bonchev–Trinajstić information content (AvgIpc) is 2.18. The highest BCUT2D eigenvalue weighted by atomic mass is 16.5. The molecule has 2 aliphatic rings. The van der Waals surface area contributed by atoms with Gasteiger partial charge in [-0.3, -0.25) is 0 Å². The summed E-state index contributed by atoms with van der Waals surface area (Å²) in [6.45, 7) is 1.22. The van der Waals surface area contributed by atoms with Crippen LogP contribution < -0.4 is 0 Å². The van der Waals surface area contributed by atoms with Crippen molar-refractivity contribution in [1.82, 2.24) is 4.90 Å². The first kappa shape index (κ1) is 8.34. The Hall–Kier alpha value is -1.26. The number of ether oxygens (including phenoxy) is 1. The van der Waals surface area contributed by atoms with Gasteiger partial charge in [0.25, 0.3) is 5.84 Å². The van der Waals surface area contributed by atoms with Crippen LogP contribution in [0.25, 0.3) is 0 Å². The lowest BCUT2D eigenvalue weighted by molar-refractivity contribution is -0.142. The summed E-state index contributed by atoms with van der Waals surface area (Å²) in [5.41, 5.74) is 0. The number of nitrogens with zero attached hydrogens (tertiary/aromatic N) is 2. The smallest absolute Gasteiger partial charge is 0.377 e. The van der Waals surface area contributed by atoms with E-state index < -0.39 is 5.97 Å². The molecule has 1 atom stereocenters. The van der Waals surface area contributed by atoms with Crippen LogP contribution in [0.1, 0.15) is 19.3 Å². The molecule has 0 amide bonds. The molecule has 0 spiro atoms. The molecule has 1 N–H and O–H groups in total. The molecule has 0 unspecified atom stereocenters. The number of esters is 1. The molecule has 5 heteroatoms. The van der Waals surface area contributed by atoms with Crippen molar-refractivity contribution in [3.05, 3.63) is 0 Å². The summed E-state index contributed by atoms with van der Waals surface area (Å²) in [5.74, 6) is -0.448. The summed E-state index contributed by atoms with van der Waals surface area (Å²) in [5, 5.41) is 11.6. The first-order valence-electron chi connectivity index (χ1n) is 4.49. The van der Waals surface area contributed by atoms with Gasteiger partial charge in [0.2, 0.25) is 0 Å². The maximum atomic E-state index is 11.1. The van der Waals surface area contributed by atoms with E-state index in [0.29, 0.717) is 6.61 Å². The molecule has 0 aromatic carbocycles. The topological polar surface area (TPSA) is 62.1 Å². The second-order valence-corrected chi connectivity index (χ2v) is 3.37. The Kier molecular flexibility index (Phi) is 2.08. The number of oxime groups is 1. The molecule has 0 bridgehead atoms. The number of piperidine rings is 1. The largest absolute Gasteiger partial charge is 0.458 e. The highest BCUT2D eigenvalue weighted by molar-refractivity contribution is 6.35. The maximum absolute atomic E-state index is 11.1. The van der Waals surface area contributed by atoms with Crippen molar-refractivity contribution in [3.8, 4) is 0 Å². The number of carbonyl (C=O) groups excluding carboxylic acids is 1. The van der Waals surface area contributed by atoms with E-state index in [9.17, 15) is 4.79 Å². The number of amidine groups is 1. The molecule has 0 aromatic heterocycles. The lowest BCUT2D eigenvalue weighted by Gasteiger charge is -2.39. The minimum atomic E-state index is -0.513. The van der Waals surface area contributed by atoms with Gasteiger partial charge in [0, 0.05) is 6.54 Å². The van der Waals surface area contributed by atoms with Crippen LogP contribution in [0, 0.1) is 0 Å². The molecule has 5 nitrogen and oxygen atoms in total. The Morgan fingerprint density at radius 2 is 2.38 bits per heavy atom. The second kappa shape index (κ2) is 3.24. The van der Waals surface area contributed by atoms with Gasteiger partial charge in [-0.2, -0.15) is 0 Å². The normalized spacial score (nSPS) is 31.4. The minimum absolute atomic E-state index is 0.0657. The van der Waals surface area contributed by atoms with Crippen molar-refractivity contribution in [2.45, 2.75) is 25.3 Å². The molecule has 2 saturated heterocycles. The lowest BCUT2D eigenvalue weighted by atomic mass is 10.0. The molecule has 2 aliphatic heterocycles. The van der Waals surface area contributed by atoms with Crippen LogP contribution >= 0.6 is 0 Å². The highest BCUT2D eigenvalue weighted by Gasteiger charge is 2.35. The highest BCUT2D eigenvalue weighted by Crippen LogP contribution is 2.21. The quantitative estimate of drug-likeness (QED) is 0.331. The van der Waals surface area contributed by atoms with Gasteiger partial charge in [-0.25, -0.2) is 4.79 Å². The van der Waals surface area contributed by atoms with Crippen molar-refractivity contribution < 1.29 is 14.7 Å². The molecule has 2 rings (SSSR count). The average molecular weight is 184 g/mol. The Morgan fingerprint density at radius 3 is 3.15 bits per heavy atom. The molecule has 0 saturated carbocycles. The summed E-state index contributed by atoms with van der Waals surface area (Å²) >= 11 is 0. The van der Waals surface area contributed by atoms with E-state index in [1.165, 1.54) is 0 Å². The van der Waals surface area contributed by atoms with E-state index in [4.69, 9.17) is 9.94 Å². The molecular formula is C8H12N2O3. The van der Waals surface area contributed by atoms with Gasteiger partial charge < -0.3 is 14.8 Å². The molecule has 2 fully saturated rings. The summed E-state index contributed by atoms with van der Waals surface area (Å²) in [4.78, 5) is 13.0. The van der Waals surface area contributed by atoms with E-state index in [1.54, 1.807) is 0 Å². The Morgan fingerprint density at radius 1 is 1.54 bits per heavy atom. The van der Waals surface area contributed by atoms with E-state index in [-0.39, 0.29) is 11.9 Å². The molecule has 72 valence electrons. The van der Waals surface area contributed by atoms with Crippen molar-refractivity contribution in [3.63, 3.8) is 0 Å². The van der Waals surface area contributed by atoms with E-state index in [1.807, 2.05) is 4.90 Å². The summed E-state index contributed by atoms with van der Waals surface area (Å²) in [6, 6.07) is 0.220. The van der Waals surface area contributed by atoms with Gasteiger partial charge >= 0.3 is 5.97 Å². The van der Waals surface area contributed by atoms with E-state index in [2.05, 4.69) is 5.16 Å². The molecular weight excluding hydrogens is 172 g/mol. The number of cyclic esters (lactones) is 1. The van der Waals surface area contributed by atoms with Crippen LogP contribution in [0.3, 0.4) is 0 Å². The second-order valence-electron chi connectivity index (χ2n) is 3.37. The van der Waals surface area contributed by atoms with E-state index in [0.717, 1.165) is 25.8 Å². The number of rotatable bonds is 0. The fraction of sp³-hybridized carbons (Fsp3) is 0.750. The minimum Gasteiger partial charge on any atom is -0.458 e. The zero-order chi connectivity index (χ0) is 9.26. The molecule has 0 aliphatic carbocycles. The third-order valence-corrected chi connectivity index (χ3v) is 2.58. The van der Waals surface area contributed by atoms with Crippen LogP contribution in [0.15, 0.2) is 5.16 Å². The summed E-state index contributed by atoms with van der Waals surface area (Å²) in [7, 11) is 0. The number of hydrogen-bond donors (Lipinski definition) is 1. The molecule has 2 heterocycles. The summed E-state index contributed by atoms with van der Waals surface area (Å²) < 4.78 is 4.88. The monoisotopic (exact) mass is 184 g/mol. The first-order valence-corrected chi connectivity index (χ1v) is 4.49. The Labute approximate surface area is 76.0 Å². The zero-order valence-electron chi connectivity index (χ0n) is 7.27. The predicted molar refractivity (Wildman–Crippen MR) is 44.5 cm³/mol. The van der Waals surface area contributed by atoms with Crippen molar-refractivity contribution in [1.29, 1.82) is 0 Å². The fourth-order valence-corrected chi connectivity index (χ4v) is 1.90. The predicted octanol–water partition coefficient (Wildman–Crippen LogP) is 0.185. The van der Waals surface area contributed by atoms with Gasteiger partial charge in [0.15, 0.2) is 0 Å². The SMILES string of the molecule is O=C1OC[C@@H]2CCCCN2/C1=N\O. The molecule has 0 radical (unpaired) electrons. The molecule has 0 aromatic rings. The van der Waals surface area contributed by atoms with Crippen LogP contribution in [-0.2, 0) is 9.53 Å². The van der Waals surface area contributed by atoms with Gasteiger partial charge in [-0.05, 0) is 19.3 Å². The van der Waals surface area contributed by atoms with Crippen LogP contribution in [-0.4, -0.2) is 41.1 Å². The third kappa shape index (κ3) is 1.34. The maximum Gasteiger partial charge on any atom is 0.377 e. The molecule has 13 heavy (non-hydrogen) atoms. The zero-order valence-corrected chi connectivity index (χ0v) is 7.27. The van der Waals surface area contributed by atoms with Crippen LogP contribution in [0.5, 0.6) is 0 Å². The Balaban J connectivity index is 2.19. The number of hydrogen-bond acceptors (Lipinski definition) is 4. The standard InChI is InChI=1S/C8H12N2O3/c11-8-7(9-12)10-4-2-1-3-6(10)5-13-8/h6,12H,1-5H2/b9-7-/t6-/m0/s1. The van der Waals surface area contributed by atoms with Gasteiger partial charge in [0.1, 0.15) is 6.61 Å². The lowest BCUT2D eigenvalue weighted by Crippen LogP contribution is -2.54. The van der Waals surface area contributed by atoms with Crippen LogP contribution in [0.2, 0.25) is 0 Å². The number of carbonyl (C=O) groups is 1. The fourth-order valence-electron chi connectivity index (χ4n) is 1.90. The van der Waals surface area contributed by atoms with E-state index >= 15 is 0 Å². The number of morpholine rings is 1. The van der Waals surface area contributed by atoms with Crippen LogP contribution in [0.4, 0.5) is 0 Å². The first-order chi connectivity index (χ1) is 6.33.